The van der Waals surface area contributed by atoms with Gasteiger partial charge in [-0.25, -0.2) is 0 Å². The third-order valence-electron chi connectivity index (χ3n) is 6.23. The van der Waals surface area contributed by atoms with Crippen molar-refractivity contribution in [1.29, 1.82) is 0 Å². The average Bonchev–Trinajstić information content (AvgIpc) is 3.35. The Bertz CT molecular complexity index is 1120. The Kier molecular flexibility index (Phi) is 9.87. The number of rotatable bonds is 6. The molecule has 0 saturated carbocycles. The van der Waals surface area contributed by atoms with E-state index in [9.17, 15) is 0 Å². The average molecular weight is 482 g/mol. The number of aromatic nitrogens is 2. The molecule has 1 aliphatic rings. The van der Waals surface area contributed by atoms with Crippen LogP contribution in [0.25, 0.3) is 10.2 Å². The van der Waals surface area contributed by atoms with Gasteiger partial charge in [0.15, 0.2) is 0 Å². The lowest BCUT2D eigenvalue weighted by molar-refractivity contribution is -0.432. The van der Waals surface area contributed by atoms with E-state index in [1.54, 1.807) is 17.8 Å². The van der Waals surface area contributed by atoms with Gasteiger partial charge in [-0.15, -0.1) is 11.7 Å². The minimum Gasteiger partial charge on any atom is -0.347 e. The zero-order valence-corrected chi connectivity index (χ0v) is 22.7. The van der Waals surface area contributed by atoms with Gasteiger partial charge in [-0.05, 0) is 68.8 Å². The Hall–Kier alpha value is -2.44. The molecule has 6 heteroatoms. The Labute approximate surface area is 208 Å². The summed E-state index contributed by atoms with van der Waals surface area (Å²) in [5.74, 6) is 0. The standard InChI is InChI=1S/C24H31N4S2.C3H6/c1-8-20-17(4)24(5,9-2)22(27(20)6)12-11-13-23(29-7)28(10-3)18-14-15-21-19(16-18)25-26-30-21;1-3-2/h8,11-16H,1,9-10H2,2-7H3;3H,1H2,2H3/q+1;. The summed E-state index contributed by atoms with van der Waals surface area (Å²) >= 11 is 3.18. The molecule has 33 heavy (non-hydrogen) atoms. The fraction of sp³-hybridized carbons (Fsp3) is 0.370. The normalized spacial score (nSPS) is 20.3. The highest BCUT2D eigenvalue weighted by Gasteiger charge is 2.39. The lowest BCUT2D eigenvalue weighted by atomic mass is 9.79. The Morgan fingerprint density at radius 2 is 2.00 bits per heavy atom. The van der Waals surface area contributed by atoms with Gasteiger partial charge in [0.05, 0.1) is 4.70 Å². The number of fused-ring (bicyclic) bond motifs is 1. The number of hydrogen-bond acceptors (Lipinski definition) is 5. The van der Waals surface area contributed by atoms with Gasteiger partial charge in [0, 0.05) is 42.1 Å². The van der Waals surface area contributed by atoms with Crippen LogP contribution in [-0.4, -0.2) is 44.0 Å². The number of likely N-dealkylation sites (N-methyl/N-ethyl adjacent to an activating group) is 1. The van der Waals surface area contributed by atoms with Crippen LogP contribution in [0.1, 0.15) is 41.0 Å². The van der Waals surface area contributed by atoms with E-state index in [1.165, 1.54) is 33.5 Å². The van der Waals surface area contributed by atoms with Crippen molar-refractivity contribution in [2.24, 2.45) is 5.41 Å². The summed E-state index contributed by atoms with van der Waals surface area (Å²) in [5.41, 5.74) is 6.04. The molecular formula is C27H37N4S2+. The summed E-state index contributed by atoms with van der Waals surface area (Å²) in [6.45, 7) is 19.1. The van der Waals surface area contributed by atoms with Crippen molar-refractivity contribution >= 4 is 44.2 Å². The van der Waals surface area contributed by atoms with E-state index in [4.69, 9.17) is 0 Å². The quantitative estimate of drug-likeness (QED) is 0.184. The van der Waals surface area contributed by atoms with Crippen LogP contribution in [0.4, 0.5) is 5.69 Å². The van der Waals surface area contributed by atoms with E-state index < -0.39 is 0 Å². The first-order chi connectivity index (χ1) is 15.8. The second-order valence-corrected chi connectivity index (χ2v) is 9.60. The first kappa shape index (κ1) is 26.8. The number of hydrogen-bond donors (Lipinski definition) is 0. The van der Waals surface area contributed by atoms with Crippen LogP contribution >= 0.6 is 23.3 Å². The summed E-state index contributed by atoms with van der Waals surface area (Å²) in [4.78, 5) is 2.27. The molecule has 1 unspecified atom stereocenters. The van der Waals surface area contributed by atoms with Crippen molar-refractivity contribution in [2.75, 3.05) is 19.8 Å². The van der Waals surface area contributed by atoms with Gasteiger partial charge in [-0.2, -0.15) is 4.58 Å². The summed E-state index contributed by atoms with van der Waals surface area (Å²) in [6, 6.07) is 6.37. The number of benzene rings is 1. The Morgan fingerprint density at radius 1 is 1.30 bits per heavy atom. The maximum atomic E-state index is 4.23. The molecule has 0 N–H and O–H groups in total. The van der Waals surface area contributed by atoms with Crippen molar-refractivity contribution in [3.05, 3.63) is 78.7 Å². The zero-order valence-electron chi connectivity index (χ0n) is 21.1. The van der Waals surface area contributed by atoms with E-state index in [1.807, 2.05) is 13.0 Å². The molecule has 2 heterocycles. The van der Waals surface area contributed by atoms with Crippen LogP contribution < -0.4 is 0 Å². The third-order valence-corrected chi connectivity index (χ3v) is 7.71. The van der Waals surface area contributed by atoms with Gasteiger partial charge < -0.3 is 4.90 Å². The molecule has 0 amide bonds. The molecule has 1 atom stereocenters. The Morgan fingerprint density at radius 3 is 2.58 bits per heavy atom. The highest BCUT2D eigenvalue weighted by Crippen LogP contribution is 2.48. The van der Waals surface area contributed by atoms with Crippen molar-refractivity contribution in [2.45, 2.75) is 41.0 Å². The molecule has 3 rings (SSSR count). The topological polar surface area (TPSA) is 32.0 Å². The molecule has 0 fully saturated rings. The van der Waals surface area contributed by atoms with Crippen molar-refractivity contribution in [3.63, 3.8) is 0 Å². The molecule has 0 aliphatic carbocycles. The molecular weight excluding hydrogens is 444 g/mol. The lowest BCUT2D eigenvalue weighted by Crippen LogP contribution is -2.21. The predicted molar refractivity (Wildman–Crippen MR) is 149 cm³/mol. The van der Waals surface area contributed by atoms with Crippen LogP contribution in [0.5, 0.6) is 0 Å². The van der Waals surface area contributed by atoms with E-state index >= 15 is 0 Å². The zero-order chi connectivity index (χ0) is 24.6. The van der Waals surface area contributed by atoms with E-state index in [-0.39, 0.29) is 5.41 Å². The van der Waals surface area contributed by atoms with Crippen molar-refractivity contribution in [3.8, 4) is 0 Å². The van der Waals surface area contributed by atoms with Crippen LogP contribution in [0.3, 0.4) is 0 Å². The molecule has 1 aromatic carbocycles. The molecule has 0 radical (unpaired) electrons. The highest BCUT2D eigenvalue weighted by atomic mass is 32.2. The van der Waals surface area contributed by atoms with E-state index in [0.29, 0.717) is 0 Å². The van der Waals surface area contributed by atoms with Crippen LogP contribution in [0, 0.1) is 5.41 Å². The van der Waals surface area contributed by atoms with Gasteiger partial charge in [-0.3, -0.25) is 0 Å². The summed E-state index contributed by atoms with van der Waals surface area (Å²) in [7, 11) is 2.13. The van der Waals surface area contributed by atoms with Crippen LogP contribution in [0.15, 0.2) is 78.7 Å². The SMILES string of the molecule is C=CC.C=CC1=C(C)C(C)(CC)/C(=C\C=C/C(SC)=[N+](CC)c2ccc3snnc3c2)N1C. The summed E-state index contributed by atoms with van der Waals surface area (Å²) in [6.07, 6.45) is 13.5. The van der Waals surface area contributed by atoms with E-state index in [2.05, 4.69) is 110 Å². The third kappa shape index (κ3) is 5.56. The second-order valence-electron chi connectivity index (χ2n) is 7.99. The smallest absolute Gasteiger partial charge is 0.240 e. The minimum absolute atomic E-state index is 0.0369. The monoisotopic (exact) mass is 481 g/mol. The van der Waals surface area contributed by atoms with Gasteiger partial charge in [0.25, 0.3) is 0 Å². The first-order valence-corrected chi connectivity index (χ1v) is 13.3. The molecule has 0 bridgehead atoms. The molecule has 2 aromatic rings. The largest absolute Gasteiger partial charge is 0.347 e. The van der Waals surface area contributed by atoms with Crippen molar-refractivity contribution in [1.82, 2.24) is 14.5 Å². The van der Waals surface area contributed by atoms with Gasteiger partial charge >= 0.3 is 0 Å². The molecule has 0 spiro atoms. The summed E-state index contributed by atoms with van der Waals surface area (Å²) in [5, 5.41) is 5.43. The fourth-order valence-corrected chi connectivity index (χ4v) is 5.36. The fourth-order valence-electron chi connectivity index (χ4n) is 4.15. The van der Waals surface area contributed by atoms with Gasteiger partial charge in [0.2, 0.25) is 10.7 Å². The van der Waals surface area contributed by atoms with Gasteiger partial charge in [0.1, 0.15) is 12.1 Å². The molecule has 176 valence electrons. The van der Waals surface area contributed by atoms with Crippen LogP contribution in [-0.2, 0) is 0 Å². The predicted octanol–water partition coefficient (Wildman–Crippen LogP) is 7.57. The molecule has 4 nitrogen and oxygen atoms in total. The maximum absolute atomic E-state index is 4.23. The highest BCUT2D eigenvalue weighted by molar-refractivity contribution is 8.13. The van der Waals surface area contributed by atoms with Crippen LogP contribution in [0.2, 0.25) is 0 Å². The molecule has 0 saturated heterocycles. The maximum Gasteiger partial charge on any atom is 0.240 e. The van der Waals surface area contributed by atoms with E-state index in [0.717, 1.165) is 28.9 Å². The first-order valence-electron chi connectivity index (χ1n) is 11.3. The molecule has 1 aliphatic heterocycles. The Balaban J connectivity index is 0.00000122. The minimum atomic E-state index is 0.0369. The number of thioether (sulfide) groups is 1. The van der Waals surface area contributed by atoms with Crippen molar-refractivity contribution < 1.29 is 4.58 Å². The summed E-state index contributed by atoms with van der Waals surface area (Å²) < 4.78 is 7.49. The number of nitrogens with zero attached hydrogens (tertiary/aromatic N) is 4. The molecule has 1 aromatic heterocycles. The van der Waals surface area contributed by atoms with Gasteiger partial charge in [-0.1, -0.05) is 48.8 Å². The second kappa shape index (κ2) is 12.1. The lowest BCUT2D eigenvalue weighted by Gasteiger charge is -2.28. The number of allylic oxidation sites excluding steroid dienone is 5.